The summed E-state index contributed by atoms with van der Waals surface area (Å²) in [5, 5.41) is 9.82. The second kappa shape index (κ2) is 4.06. The van der Waals surface area contributed by atoms with E-state index in [4.69, 9.17) is 5.26 Å². The molecule has 2 heteroatoms. The predicted octanol–water partition coefficient (Wildman–Crippen LogP) is 2.22. The Labute approximate surface area is 80.3 Å². The Morgan fingerprint density at radius 3 is 2.38 bits per heavy atom. The van der Waals surface area contributed by atoms with Gasteiger partial charge in [0.25, 0.3) is 0 Å². The first-order valence-electron chi connectivity index (χ1n) is 4.29. The van der Waals surface area contributed by atoms with Crippen molar-refractivity contribution in [3.63, 3.8) is 0 Å². The first kappa shape index (κ1) is 9.75. The molecule has 0 aliphatic heterocycles. The largest absolute Gasteiger partial charge is 0.193 e. The van der Waals surface area contributed by atoms with Gasteiger partial charge < -0.3 is 0 Å². The van der Waals surface area contributed by atoms with Crippen molar-refractivity contribution in [1.82, 2.24) is 0 Å². The molecule has 0 spiro atoms. The molecule has 1 rings (SSSR count). The first-order chi connectivity index (χ1) is 6.17. The maximum absolute atomic E-state index is 8.46. The van der Waals surface area contributed by atoms with Gasteiger partial charge in [-0.25, -0.2) is 0 Å². The minimum atomic E-state index is -1.50. The van der Waals surface area contributed by atoms with Gasteiger partial charge in [0.15, 0.2) is 0 Å². The third kappa shape index (κ3) is 2.57. The van der Waals surface area contributed by atoms with E-state index in [1.165, 1.54) is 5.19 Å². The van der Waals surface area contributed by atoms with Crippen molar-refractivity contribution in [2.75, 3.05) is 0 Å². The molecule has 0 fully saturated rings. The molecule has 0 saturated heterocycles. The van der Waals surface area contributed by atoms with Crippen molar-refractivity contribution in [3.8, 4) is 6.07 Å². The summed E-state index contributed by atoms with van der Waals surface area (Å²) in [6, 6.07) is 12.4. The quantitative estimate of drug-likeness (QED) is 0.514. The molecule has 13 heavy (non-hydrogen) atoms. The van der Waals surface area contributed by atoms with Crippen LogP contribution in [0.4, 0.5) is 0 Å². The second-order valence-corrected chi connectivity index (χ2v) is 7.90. The Morgan fingerprint density at radius 2 is 1.85 bits per heavy atom. The molecule has 0 amide bonds. The highest BCUT2D eigenvalue weighted by molar-refractivity contribution is 6.93. The van der Waals surface area contributed by atoms with Gasteiger partial charge in [-0.2, -0.15) is 5.26 Å². The van der Waals surface area contributed by atoms with Gasteiger partial charge >= 0.3 is 0 Å². The third-order valence-corrected chi connectivity index (χ3v) is 4.91. The molecule has 0 radical (unpaired) electrons. The lowest BCUT2D eigenvalue weighted by atomic mass is 10.4. The zero-order valence-electron chi connectivity index (χ0n) is 7.99. The van der Waals surface area contributed by atoms with Crippen LogP contribution in [0.1, 0.15) is 0 Å². The molecule has 0 saturated carbocycles. The molecule has 0 atom stereocenters. The predicted molar refractivity (Wildman–Crippen MR) is 58.3 cm³/mol. The third-order valence-electron chi connectivity index (χ3n) is 2.09. The molecule has 66 valence electrons. The summed E-state index contributed by atoms with van der Waals surface area (Å²) in [4.78, 5) is 0. The van der Waals surface area contributed by atoms with E-state index < -0.39 is 8.07 Å². The summed E-state index contributed by atoms with van der Waals surface area (Å²) in [6.45, 7) is 4.46. The summed E-state index contributed by atoms with van der Waals surface area (Å²) in [7, 11) is -1.50. The van der Waals surface area contributed by atoms with E-state index in [1.807, 2.05) is 24.3 Å². The molecular weight excluding hydrogens is 174 g/mol. The fourth-order valence-electron chi connectivity index (χ4n) is 1.21. The normalized spacial score (nSPS) is 11.5. The van der Waals surface area contributed by atoms with Crippen LogP contribution in [0.3, 0.4) is 0 Å². The summed E-state index contributed by atoms with van der Waals surface area (Å²) in [5.74, 6) is 0. The Hall–Kier alpha value is -1.33. The van der Waals surface area contributed by atoms with Crippen LogP contribution in [0.5, 0.6) is 0 Å². The van der Waals surface area contributed by atoms with E-state index >= 15 is 0 Å². The fourth-order valence-corrected chi connectivity index (χ4v) is 2.94. The van der Waals surface area contributed by atoms with Gasteiger partial charge in [0.2, 0.25) is 0 Å². The maximum atomic E-state index is 8.46. The number of allylic oxidation sites excluding steroid dienone is 1. The van der Waals surface area contributed by atoms with Gasteiger partial charge in [-0.15, -0.1) is 0 Å². The first-order valence-corrected chi connectivity index (χ1v) is 7.37. The highest BCUT2D eigenvalue weighted by Gasteiger charge is 2.18. The fraction of sp³-hybridized carbons (Fsp3) is 0.182. The van der Waals surface area contributed by atoms with Crippen LogP contribution in [0.25, 0.3) is 0 Å². The van der Waals surface area contributed by atoms with E-state index in [0.717, 1.165) is 0 Å². The van der Waals surface area contributed by atoms with Crippen molar-refractivity contribution in [2.45, 2.75) is 13.1 Å². The minimum Gasteiger partial charge on any atom is -0.193 e. The van der Waals surface area contributed by atoms with E-state index in [1.54, 1.807) is 6.08 Å². The summed E-state index contributed by atoms with van der Waals surface area (Å²) in [6.07, 6.45) is 1.60. The summed E-state index contributed by atoms with van der Waals surface area (Å²) < 4.78 is 0. The summed E-state index contributed by atoms with van der Waals surface area (Å²) >= 11 is 0. The van der Waals surface area contributed by atoms with Crippen LogP contribution in [0, 0.1) is 11.3 Å². The number of hydrogen-bond acceptors (Lipinski definition) is 1. The molecule has 1 aromatic carbocycles. The zero-order chi connectivity index (χ0) is 9.73. The van der Waals surface area contributed by atoms with Gasteiger partial charge in [-0.05, 0) is 0 Å². The Bertz CT molecular complexity index is 333. The monoisotopic (exact) mass is 187 g/mol. The van der Waals surface area contributed by atoms with Crippen LogP contribution in [0.15, 0.2) is 42.1 Å². The Kier molecular flexibility index (Phi) is 3.05. The van der Waals surface area contributed by atoms with Gasteiger partial charge in [0, 0.05) is 6.08 Å². The molecule has 0 aliphatic rings. The molecule has 1 aromatic rings. The molecule has 1 nitrogen and oxygen atoms in total. The molecule has 0 heterocycles. The van der Waals surface area contributed by atoms with Gasteiger partial charge in [-0.1, -0.05) is 54.3 Å². The molecule has 0 aliphatic carbocycles. The lowest BCUT2D eigenvalue weighted by molar-refractivity contribution is 1.53. The van der Waals surface area contributed by atoms with Crippen LogP contribution in [-0.2, 0) is 0 Å². The smallest absolute Gasteiger partial charge is 0.104 e. The van der Waals surface area contributed by atoms with E-state index in [-0.39, 0.29) is 0 Å². The highest BCUT2D eigenvalue weighted by Crippen LogP contribution is 2.04. The van der Waals surface area contributed by atoms with Crippen molar-refractivity contribution < 1.29 is 0 Å². The van der Waals surface area contributed by atoms with E-state index in [0.29, 0.717) is 0 Å². The minimum absolute atomic E-state index is 1.36. The van der Waals surface area contributed by atoms with Crippen molar-refractivity contribution >= 4 is 13.3 Å². The summed E-state index contributed by atoms with van der Waals surface area (Å²) in [5.41, 5.74) is 2.06. The van der Waals surface area contributed by atoms with Crippen LogP contribution in [0.2, 0.25) is 13.1 Å². The lowest BCUT2D eigenvalue weighted by Gasteiger charge is -2.17. The van der Waals surface area contributed by atoms with Gasteiger partial charge in [-0.3, -0.25) is 0 Å². The van der Waals surface area contributed by atoms with E-state index in [2.05, 4.69) is 30.9 Å². The number of rotatable bonds is 2. The van der Waals surface area contributed by atoms with Crippen LogP contribution >= 0.6 is 0 Å². The average Bonchev–Trinajstić information content (AvgIpc) is 2.16. The average molecular weight is 187 g/mol. The number of benzene rings is 1. The van der Waals surface area contributed by atoms with Crippen LogP contribution < -0.4 is 5.19 Å². The van der Waals surface area contributed by atoms with Gasteiger partial charge in [0.05, 0.1) is 6.07 Å². The number of hydrogen-bond donors (Lipinski definition) is 0. The zero-order valence-corrected chi connectivity index (χ0v) is 8.99. The topological polar surface area (TPSA) is 23.8 Å². The van der Waals surface area contributed by atoms with Crippen molar-refractivity contribution in [3.05, 3.63) is 42.1 Å². The molecule has 0 bridgehead atoms. The van der Waals surface area contributed by atoms with Crippen LogP contribution in [-0.4, -0.2) is 8.07 Å². The Morgan fingerprint density at radius 1 is 1.23 bits per heavy atom. The van der Waals surface area contributed by atoms with Crippen molar-refractivity contribution in [2.24, 2.45) is 0 Å². The Balaban J connectivity index is 2.95. The molecule has 0 unspecified atom stereocenters. The maximum Gasteiger partial charge on any atom is 0.104 e. The number of nitriles is 1. The SMILES string of the molecule is C[Si](C)(/C=C\C#N)c1ccccc1. The van der Waals surface area contributed by atoms with Crippen molar-refractivity contribution in [1.29, 1.82) is 5.26 Å². The second-order valence-electron chi connectivity index (χ2n) is 3.55. The lowest BCUT2D eigenvalue weighted by Crippen LogP contribution is -2.39. The van der Waals surface area contributed by atoms with E-state index in [9.17, 15) is 0 Å². The van der Waals surface area contributed by atoms with Gasteiger partial charge in [0.1, 0.15) is 8.07 Å². The molecular formula is C11H13NSi. The standard InChI is InChI=1S/C11H13NSi/c1-13(2,10-6-9-12)11-7-4-3-5-8-11/h3-8,10H,1-2H3/b10-6-. The highest BCUT2D eigenvalue weighted by atomic mass is 28.3. The number of nitrogens with zero attached hydrogens (tertiary/aromatic N) is 1. The molecule has 0 aromatic heterocycles. The molecule has 0 N–H and O–H groups in total.